The van der Waals surface area contributed by atoms with Gasteiger partial charge in [0.2, 0.25) is 59.1 Å². The number of aliphatic hydroxyl groups is 2. The van der Waals surface area contributed by atoms with Gasteiger partial charge in [-0.2, -0.15) is 0 Å². The van der Waals surface area contributed by atoms with E-state index in [0.29, 0.717) is 19.4 Å². The highest BCUT2D eigenvalue weighted by molar-refractivity contribution is 5.97. The Hall–Kier alpha value is -5.46. The molecule has 0 saturated heterocycles. The maximum absolute atomic E-state index is 13.0. The number of carbonyl (C=O) groups is 10. The second-order valence-electron chi connectivity index (χ2n) is 11.4. The molecule has 0 fully saturated rings. The van der Waals surface area contributed by atoms with Crippen LogP contribution < -0.4 is 65.9 Å². The lowest BCUT2D eigenvalue weighted by Gasteiger charge is -2.24. The van der Waals surface area contributed by atoms with Gasteiger partial charge in [0.1, 0.15) is 30.2 Å². The third-order valence-corrected chi connectivity index (χ3v) is 6.89. The fraction of sp³-hybridized carbons (Fsp3) is 0.643. The van der Waals surface area contributed by atoms with Crippen LogP contribution in [0, 0.1) is 0 Å². The maximum atomic E-state index is 13.0. The van der Waals surface area contributed by atoms with Crippen LogP contribution in [-0.4, -0.2) is 138 Å². The van der Waals surface area contributed by atoms with E-state index in [2.05, 4.69) is 31.9 Å². The predicted octanol–water partition coefficient (Wildman–Crippen LogP) is -9.27. The van der Waals surface area contributed by atoms with Crippen molar-refractivity contribution in [3.05, 3.63) is 0 Å². The quantitative estimate of drug-likeness (QED) is 0.0366. The van der Waals surface area contributed by atoms with Gasteiger partial charge in [-0.3, -0.25) is 47.9 Å². The first-order chi connectivity index (χ1) is 24.4. The third-order valence-electron chi connectivity index (χ3n) is 6.89. The molecule has 24 nitrogen and oxygen atoms in total. The summed E-state index contributed by atoms with van der Waals surface area (Å²) in [6.07, 6.45) is -0.343. The largest absolute Gasteiger partial charge is 0.394 e. The van der Waals surface area contributed by atoms with Crippen molar-refractivity contribution in [3.8, 4) is 0 Å². The second-order valence-corrected chi connectivity index (χ2v) is 11.4. The molecule has 24 heteroatoms. The van der Waals surface area contributed by atoms with E-state index >= 15 is 0 Å². The number of carbonyl (C=O) groups excluding carboxylic acids is 10. The molecule has 0 aliphatic carbocycles. The first-order valence-corrected chi connectivity index (χ1v) is 15.9. The molecule has 0 bridgehead atoms. The topological polar surface area (TPSA) is 425 Å². The Morgan fingerprint density at radius 2 is 1.04 bits per heavy atom. The van der Waals surface area contributed by atoms with Gasteiger partial charge in [0.05, 0.1) is 38.8 Å². The zero-order chi connectivity index (χ0) is 40.0. The summed E-state index contributed by atoms with van der Waals surface area (Å²) in [6, 6.07) is -8.39. The third kappa shape index (κ3) is 19.1. The van der Waals surface area contributed by atoms with Gasteiger partial charge in [-0.05, 0) is 39.2 Å². The van der Waals surface area contributed by atoms with E-state index in [9.17, 15) is 58.2 Å². The number of amides is 10. The van der Waals surface area contributed by atoms with Crippen molar-refractivity contribution in [1.29, 1.82) is 0 Å². The van der Waals surface area contributed by atoms with E-state index in [1.54, 1.807) is 0 Å². The number of primary amides is 3. The highest BCUT2D eigenvalue weighted by Gasteiger charge is 2.30. The zero-order valence-corrected chi connectivity index (χ0v) is 28.6. The molecule has 19 N–H and O–H groups in total. The SMILES string of the molecule is C[C@H](N)C(=O)N[C@@H](CCCCN)C(=O)N[C@@H](CO)C(=O)N[C@@H](CCC(N)=O)C(=O)NCC(=O)NCC(=O)N[C@@H](CO)C(=O)N[C@@H](CC(N)=O)C(N)=O. The fourth-order valence-corrected chi connectivity index (χ4v) is 4.03. The molecule has 0 aromatic rings. The van der Waals surface area contributed by atoms with E-state index in [4.69, 9.17) is 28.7 Å². The lowest BCUT2D eigenvalue weighted by atomic mass is 10.1. The molecule has 0 spiro atoms. The van der Waals surface area contributed by atoms with Crippen molar-refractivity contribution in [2.24, 2.45) is 28.7 Å². The minimum Gasteiger partial charge on any atom is -0.394 e. The molecule has 0 aromatic heterocycles. The van der Waals surface area contributed by atoms with E-state index < -0.39 is 134 Å². The van der Waals surface area contributed by atoms with Crippen molar-refractivity contribution in [1.82, 2.24) is 37.2 Å². The van der Waals surface area contributed by atoms with Crippen LogP contribution in [0.1, 0.15) is 45.4 Å². The smallest absolute Gasteiger partial charge is 0.245 e. The van der Waals surface area contributed by atoms with Gasteiger partial charge in [-0.1, -0.05) is 0 Å². The van der Waals surface area contributed by atoms with Gasteiger partial charge >= 0.3 is 0 Å². The van der Waals surface area contributed by atoms with E-state index in [1.165, 1.54) is 6.92 Å². The lowest BCUT2D eigenvalue weighted by Crippen LogP contribution is -2.59. The number of unbranched alkanes of at least 4 members (excludes halogenated alkanes) is 1. The van der Waals surface area contributed by atoms with Crippen LogP contribution in [0.3, 0.4) is 0 Å². The van der Waals surface area contributed by atoms with E-state index in [0.717, 1.165) is 0 Å². The van der Waals surface area contributed by atoms with Gasteiger partial charge < -0.3 is 76.1 Å². The second kappa shape index (κ2) is 24.6. The number of hydrogen-bond donors (Lipinski definition) is 14. The van der Waals surface area contributed by atoms with Crippen LogP contribution in [0.5, 0.6) is 0 Å². The van der Waals surface area contributed by atoms with Crippen molar-refractivity contribution >= 4 is 59.1 Å². The van der Waals surface area contributed by atoms with Crippen molar-refractivity contribution in [3.63, 3.8) is 0 Å². The van der Waals surface area contributed by atoms with Crippen LogP contribution in [0.15, 0.2) is 0 Å². The number of hydrogen-bond acceptors (Lipinski definition) is 14. The van der Waals surface area contributed by atoms with Crippen LogP contribution >= 0.6 is 0 Å². The lowest BCUT2D eigenvalue weighted by molar-refractivity contribution is -0.135. The Kier molecular flexibility index (Phi) is 22.1. The van der Waals surface area contributed by atoms with Crippen molar-refractivity contribution in [2.75, 3.05) is 32.8 Å². The molecule has 0 aliphatic rings. The molecule has 0 heterocycles. The summed E-state index contributed by atoms with van der Waals surface area (Å²) in [5, 5.41) is 34.7. The predicted molar refractivity (Wildman–Crippen MR) is 178 cm³/mol. The van der Waals surface area contributed by atoms with E-state index in [-0.39, 0.29) is 12.8 Å². The standard InChI is InChI=1S/C28H50N12O12/c1-13(30)24(48)37-14(4-2-3-7-29)26(50)40-18(12-42)28(52)38-15(5-6-19(31)43)25(49)35-9-21(45)34-10-22(46)36-17(11-41)27(51)39-16(23(33)47)8-20(32)44/h13-18,41-42H,2-12,29-30H2,1H3,(H2,31,43)(H2,32,44)(H2,33,47)(H,34,45)(H,35,49)(H,36,46)(H,37,48)(H,38,52)(H,39,51)(H,40,50)/t13-,14-,15-,16-,17-,18-/m0/s1. The summed E-state index contributed by atoms with van der Waals surface area (Å²) in [5.74, 6) is -9.53. The normalized spacial score (nSPS) is 14.1. The zero-order valence-electron chi connectivity index (χ0n) is 28.6. The molecule has 0 radical (unpaired) electrons. The maximum Gasteiger partial charge on any atom is 0.245 e. The molecule has 0 unspecified atom stereocenters. The highest BCUT2D eigenvalue weighted by Crippen LogP contribution is 2.04. The van der Waals surface area contributed by atoms with Gasteiger partial charge in [-0.25, -0.2) is 0 Å². The van der Waals surface area contributed by atoms with Gasteiger partial charge in [0.15, 0.2) is 0 Å². The Bertz CT molecular complexity index is 1300. The highest BCUT2D eigenvalue weighted by atomic mass is 16.3. The van der Waals surface area contributed by atoms with Crippen molar-refractivity contribution < 1.29 is 58.2 Å². The van der Waals surface area contributed by atoms with E-state index in [1.807, 2.05) is 5.32 Å². The van der Waals surface area contributed by atoms with Gasteiger partial charge in [-0.15, -0.1) is 0 Å². The summed E-state index contributed by atoms with van der Waals surface area (Å²) in [5.41, 5.74) is 26.3. The molecule has 0 aliphatic heterocycles. The number of rotatable bonds is 26. The summed E-state index contributed by atoms with van der Waals surface area (Å²) >= 11 is 0. The molecular weight excluding hydrogens is 696 g/mol. The van der Waals surface area contributed by atoms with Crippen LogP contribution in [-0.2, 0) is 47.9 Å². The Morgan fingerprint density at radius 1 is 0.558 bits per heavy atom. The first-order valence-electron chi connectivity index (χ1n) is 15.9. The Morgan fingerprint density at radius 3 is 1.54 bits per heavy atom. The Labute approximate surface area is 297 Å². The number of aliphatic hydroxyl groups excluding tert-OH is 2. The molecule has 294 valence electrons. The molecular formula is C28H50N12O12. The average molecular weight is 747 g/mol. The summed E-state index contributed by atoms with van der Waals surface area (Å²) in [4.78, 5) is 122. The Balaban J connectivity index is 5.34. The first kappa shape index (κ1) is 46.5. The minimum atomic E-state index is -1.63. The molecule has 52 heavy (non-hydrogen) atoms. The average Bonchev–Trinajstić information content (AvgIpc) is 3.07. The minimum absolute atomic E-state index is 0.127. The van der Waals surface area contributed by atoms with Gasteiger partial charge in [0, 0.05) is 6.42 Å². The fourth-order valence-electron chi connectivity index (χ4n) is 4.03. The molecule has 0 aromatic carbocycles. The van der Waals surface area contributed by atoms with Crippen LogP contribution in [0.4, 0.5) is 0 Å². The molecule has 10 amide bonds. The van der Waals surface area contributed by atoms with Crippen molar-refractivity contribution in [2.45, 2.75) is 81.7 Å². The summed E-state index contributed by atoms with van der Waals surface area (Å²) in [6.45, 7) is -1.72. The monoisotopic (exact) mass is 746 g/mol. The molecule has 0 rings (SSSR count). The summed E-state index contributed by atoms with van der Waals surface area (Å²) in [7, 11) is 0. The molecule has 6 atom stereocenters. The van der Waals surface area contributed by atoms with Gasteiger partial charge in [0.25, 0.3) is 0 Å². The van der Waals surface area contributed by atoms with Crippen LogP contribution in [0.2, 0.25) is 0 Å². The summed E-state index contributed by atoms with van der Waals surface area (Å²) < 4.78 is 0. The number of nitrogens with one attached hydrogen (secondary N) is 7. The molecule has 0 saturated carbocycles. The number of nitrogens with two attached hydrogens (primary N) is 5. The van der Waals surface area contributed by atoms with Crippen LogP contribution in [0.25, 0.3) is 0 Å².